The standard InChI is InChI=1S/C29H33FN4O2/c1-21-26(14-19-32-17-12-24(13-18-32)27(35)23-8-10-25(30)11-9-23)28(36)34-16-5-15-33(29(34)31-21)20-22-6-3-2-4-7-22/h2-4,6-11,24H,5,12-20H2,1H3. The maximum absolute atomic E-state index is 13.4. The summed E-state index contributed by atoms with van der Waals surface area (Å²) in [4.78, 5) is 35.6. The van der Waals surface area contributed by atoms with E-state index in [-0.39, 0.29) is 23.1 Å². The molecule has 3 heterocycles. The van der Waals surface area contributed by atoms with Crippen LogP contribution in [0.4, 0.5) is 10.3 Å². The Morgan fingerprint density at radius 2 is 1.72 bits per heavy atom. The van der Waals surface area contributed by atoms with Crippen molar-refractivity contribution in [3.8, 4) is 0 Å². The van der Waals surface area contributed by atoms with E-state index in [1.165, 1.54) is 17.7 Å². The van der Waals surface area contributed by atoms with Crippen molar-refractivity contribution in [2.75, 3.05) is 31.1 Å². The van der Waals surface area contributed by atoms with Crippen molar-refractivity contribution in [1.82, 2.24) is 14.5 Å². The third-order valence-electron chi connectivity index (χ3n) is 7.52. The zero-order chi connectivity index (χ0) is 25.1. The minimum Gasteiger partial charge on any atom is -0.338 e. The highest BCUT2D eigenvalue weighted by Crippen LogP contribution is 2.23. The number of rotatable bonds is 7. The normalized spacial score (nSPS) is 16.7. The highest BCUT2D eigenvalue weighted by Gasteiger charge is 2.27. The number of piperidine rings is 1. The van der Waals surface area contributed by atoms with Crippen LogP contribution in [0.1, 0.15) is 46.4 Å². The summed E-state index contributed by atoms with van der Waals surface area (Å²) in [5.41, 5.74) is 3.48. The average molecular weight is 489 g/mol. The first-order valence-electron chi connectivity index (χ1n) is 12.9. The van der Waals surface area contributed by atoms with Crippen molar-refractivity contribution in [2.24, 2.45) is 5.92 Å². The predicted octanol–water partition coefficient (Wildman–Crippen LogP) is 4.24. The number of aryl methyl sites for hydroxylation is 1. The number of fused-ring (bicyclic) bond motifs is 1. The second-order valence-corrected chi connectivity index (χ2v) is 9.93. The Morgan fingerprint density at radius 1 is 1.00 bits per heavy atom. The maximum atomic E-state index is 13.4. The molecule has 2 aliphatic rings. The summed E-state index contributed by atoms with van der Waals surface area (Å²) < 4.78 is 15.0. The number of carbonyl (C=O) groups excluding carboxylic acids is 1. The summed E-state index contributed by atoms with van der Waals surface area (Å²) in [6, 6.07) is 16.1. The van der Waals surface area contributed by atoms with Crippen LogP contribution in [0.2, 0.25) is 0 Å². The number of halogens is 1. The molecule has 7 heteroatoms. The van der Waals surface area contributed by atoms with Gasteiger partial charge in [0, 0.05) is 48.9 Å². The van der Waals surface area contributed by atoms with Crippen molar-refractivity contribution >= 4 is 11.7 Å². The Labute approximate surface area is 211 Å². The summed E-state index contributed by atoms with van der Waals surface area (Å²) in [6.45, 7) is 6.71. The van der Waals surface area contributed by atoms with E-state index >= 15 is 0 Å². The van der Waals surface area contributed by atoms with Gasteiger partial charge in [-0.1, -0.05) is 30.3 Å². The van der Waals surface area contributed by atoms with Crippen LogP contribution in [-0.4, -0.2) is 46.4 Å². The Balaban J connectivity index is 1.21. The molecule has 5 rings (SSSR count). The fourth-order valence-electron chi connectivity index (χ4n) is 5.43. The van der Waals surface area contributed by atoms with E-state index in [4.69, 9.17) is 4.98 Å². The summed E-state index contributed by atoms with van der Waals surface area (Å²) in [5.74, 6) is 0.521. The smallest absolute Gasteiger partial charge is 0.258 e. The van der Waals surface area contributed by atoms with Gasteiger partial charge in [0.1, 0.15) is 5.82 Å². The molecule has 0 N–H and O–H groups in total. The van der Waals surface area contributed by atoms with Crippen molar-refractivity contribution in [3.05, 3.63) is 93.2 Å². The summed E-state index contributed by atoms with van der Waals surface area (Å²) in [6.07, 6.45) is 3.16. The molecule has 188 valence electrons. The van der Waals surface area contributed by atoms with Crippen molar-refractivity contribution in [1.29, 1.82) is 0 Å². The van der Waals surface area contributed by atoms with E-state index < -0.39 is 0 Å². The zero-order valence-electron chi connectivity index (χ0n) is 20.8. The number of aromatic nitrogens is 2. The monoisotopic (exact) mass is 488 g/mol. The van der Waals surface area contributed by atoms with Crippen molar-refractivity contribution < 1.29 is 9.18 Å². The lowest BCUT2D eigenvalue weighted by atomic mass is 9.89. The molecular formula is C29H33FN4O2. The molecule has 6 nitrogen and oxygen atoms in total. The van der Waals surface area contributed by atoms with Crippen molar-refractivity contribution in [2.45, 2.75) is 45.7 Å². The summed E-state index contributed by atoms with van der Waals surface area (Å²) in [5, 5.41) is 0. The van der Waals surface area contributed by atoms with Gasteiger partial charge < -0.3 is 9.80 Å². The molecule has 0 radical (unpaired) electrons. The molecule has 1 saturated heterocycles. The fourth-order valence-corrected chi connectivity index (χ4v) is 5.43. The molecule has 0 unspecified atom stereocenters. The predicted molar refractivity (Wildman–Crippen MR) is 139 cm³/mol. The molecule has 0 bridgehead atoms. The van der Waals surface area contributed by atoms with Gasteiger partial charge in [-0.2, -0.15) is 0 Å². The highest BCUT2D eigenvalue weighted by molar-refractivity contribution is 5.97. The number of hydrogen-bond donors (Lipinski definition) is 0. The lowest BCUT2D eigenvalue weighted by molar-refractivity contribution is 0.0841. The Bertz CT molecular complexity index is 1260. The molecule has 0 aliphatic carbocycles. The topological polar surface area (TPSA) is 58.4 Å². The van der Waals surface area contributed by atoms with Crippen LogP contribution in [0.15, 0.2) is 59.4 Å². The number of likely N-dealkylation sites (tertiary alicyclic amines) is 1. The first-order valence-corrected chi connectivity index (χ1v) is 12.9. The van der Waals surface area contributed by atoms with Gasteiger partial charge in [0.25, 0.3) is 5.56 Å². The second kappa shape index (κ2) is 10.7. The lowest BCUT2D eigenvalue weighted by Crippen LogP contribution is -2.41. The van der Waals surface area contributed by atoms with Crippen LogP contribution in [0.25, 0.3) is 0 Å². The van der Waals surface area contributed by atoms with E-state index in [1.807, 2.05) is 29.7 Å². The third-order valence-corrected chi connectivity index (χ3v) is 7.52. The summed E-state index contributed by atoms with van der Waals surface area (Å²) >= 11 is 0. The van der Waals surface area contributed by atoms with Gasteiger partial charge >= 0.3 is 0 Å². The van der Waals surface area contributed by atoms with Crippen LogP contribution >= 0.6 is 0 Å². The minimum atomic E-state index is -0.326. The van der Waals surface area contributed by atoms with Crippen LogP contribution in [0.3, 0.4) is 0 Å². The number of anilines is 1. The molecule has 0 spiro atoms. The van der Waals surface area contributed by atoms with E-state index in [1.54, 1.807) is 12.1 Å². The zero-order valence-corrected chi connectivity index (χ0v) is 20.8. The Kier molecular flexibility index (Phi) is 7.28. The van der Waals surface area contributed by atoms with E-state index in [0.717, 1.165) is 69.2 Å². The van der Waals surface area contributed by atoms with E-state index in [0.29, 0.717) is 18.5 Å². The van der Waals surface area contributed by atoms with E-state index in [2.05, 4.69) is 21.9 Å². The van der Waals surface area contributed by atoms with Crippen LogP contribution in [0, 0.1) is 18.7 Å². The molecule has 2 aliphatic heterocycles. The summed E-state index contributed by atoms with van der Waals surface area (Å²) in [7, 11) is 0. The Morgan fingerprint density at radius 3 is 2.44 bits per heavy atom. The van der Waals surface area contributed by atoms with Crippen LogP contribution < -0.4 is 10.5 Å². The second-order valence-electron chi connectivity index (χ2n) is 9.93. The molecule has 3 aromatic rings. The molecule has 2 aromatic carbocycles. The maximum Gasteiger partial charge on any atom is 0.258 e. The first kappa shape index (κ1) is 24.4. The number of nitrogens with zero attached hydrogens (tertiary/aromatic N) is 4. The van der Waals surface area contributed by atoms with Gasteiger partial charge in [0.15, 0.2) is 5.78 Å². The number of hydrogen-bond acceptors (Lipinski definition) is 5. The largest absolute Gasteiger partial charge is 0.338 e. The van der Waals surface area contributed by atoms with E-state index in [9.17, 15) is 14.0 Å². The van der Waals surface area contributed by atoms with Gasteiger partial charge in [0.05, 0.1) is 0 Å². The van der Waals surface area contributed by atoms with Crippen LogP contribution in [0.5, 0.6) is 0 Å². The number of Topliss-reactive ketones (excluding diaryl/α,β-unsaturated/α-hetero) is 1. The van der Waals surface area contributed by atoms with Gasteiger partial charge in [0.2, 0.25) is 5.95 Å². The number of carbonyl (C=O) groups is 1. The molecule has 1 fully saturated rings. The van der Waals surface area contributed by atoms with Gasteiger partial charge in [-0.25, -0.2) is 9.37 Å². The lowest BCUT2D eigenvalue weighted by Gasteiger charge is -2.33. The van der Waals surface area contributed by atoms with Gasteiger partial charge in [-0.05, 0) is 75.5 Å². The first-order chi connectivity index (χ1) is 17.5. The molecule has 1 aromatic heterocycles. The molecule has 0 saturated carbocycles. The SMILES string of the molecule is Cc1nc2n(c(=O)c1CCN1CCC(C(=O)c3ccc(F)cc3)CC1)CCCN2Cc1ccccc1. The van der Waals surface area contributed by atoms with Crippen molar-refractivity contribution in [3.63, 3.8) is 0 Å². The highest BCUT2D eigenvalue weighted by atomic mass is 19.1. The molecule has 0 amide bonds. The van der Waals surface area contributed by atoms with Gasteiger partial charge in [-0.3, -0.25) is 14.2 Å². The number of ketones is 1. The van der Waals surface area contributed by atoms with Gasteiger partial charge in [-0.15, -0.1) is 0 Å². The molecule has 0 atom stereocenters. The minimum absolute atomic E-state index is 0.0277. The molecule has 36 heavy (non-hydrogen) atoms. The quantitative estimate of drug-likeness (QED) is 0.466. The average Bonchev–Trinajstić information content (AvgIpc) is 2.90. The Hall–Kier alpha value is -3.32. The fraction of sp³-hybridized carbons (Fsp3) is 0.414. The third kappa shape index (κ3) is 5.26. The van der Waals surface area contributed by atoms with Crippen LogP contribution in [-0.2, 0) is 19.5 Å². The number of benzene rings is 2. The molecular weight excluding hydrogens is 455 g/mol.